The van der Waals surface area contributed by atoms with Crippen molar-refractivity contribution in [3.63, 3.8) is 0 Å². The largest absolute Gasteiger partial charge is 0.353 e. The molecule has 1 saturated carbocycles. The van der Waals surface area contributed by atoms with E-state index in [9.17, 15) is 23.3 Å². The fraction of sp³-hybridized carbons (Fsp3) is 0.611. The summed E-state index contributed by atoms with van der Waals surface area (Å²) in [4.78, 5) is 22.7. The van der Waals surface area contributed by atoms with Crippen molar-refractivity contribution in [1.29, 1.82) is 0 Å². The molecule has 1 heterocycles. The minimum atomic E-state index is -3.83. The first-order valence-electron chi connectivity index (χ1n) is 9.25. The molecule has 0 bridgehead atoms. The van der Waals surface area contributed by atoms with Crippen LogP contribution in [0.25, 0.3) is 0 Å². The van der Waals surface area contributed by atoms with Crippen LogP contribution in [0.2, 0.25) is 0 Å². The second-order valence-electron chi connectivity index (χ2n) is 7.52. The summed E-state index contributed by atoms with van der Waals surface area (Å²) in [6.45, 7) is 4.11. The highest BCUT2D eigenvalue weighted by Gasteiger charge is 2.35. The predicted octanol–water partition coefficient (Wildman–Crippen LogP) is 2.22. The number of hydrogen-bond donors (Lipinski definition) is 1. The summed E-state index contributed by atoms with van der Waals surface area (Å²) in [5, 5.41) is 14.0. The molecule has 0 unspecified atom stereocenters. The van der Waals surface area contributed by atoms with E-state index in [4.69, 9.17) is 0 Å². The SMILES string of the molecule is Cc1ccc([N+](=O)[O-])cc1S(=O)(=O)N1CCC(C(=O)N[C@H](C)C2CC2)CC1. The van der Waals surface area contributed by atoms with Crippen LogP contribution in [0.3, 0.4) is 0 Å². The number of non-ortho nitro benzene ring substituents is 1. The monoisotopic (exact) mass is 395 g/mol. The second kappa shape index (κ2) is 7.55. The van der Waals surface area contributed by atoms with Crippen molar-refractivity contribution in [3.05, 3.63) is 33.9 Å². The van der Waals surface area contributed by atoms with E-state index in [2.05, 4.69) is 5.32 Å². The number of rotatable bonds is 6. The van der Waals surface area contributed by atoms with Crippen LogP contribution in [0, 0.1) is 28.9 Å². The molecule has 1 aromatic rings. The van der Waals surface area contributed by atoms with Gasteiger partial charge >= 0.3 is 0 Å². The number of carbonyl (C=O) groups is 1. The van der Waals surface area contributed by atoms with Crippen LogP contribution in [0.15, 0.2) is 23.1 Å². The Morgan fingerprint density at radius 2 is 1.89 bits per heavy atom. The van der Waals surface area contributed by atoms with Crippen LogP contribution < -0.4 is 5.32 Å². The van der Waals surface area contributed by atoms with Crippen LogP contribution in [-0.2, 0) is 14.8 Å². The van der Waals surface area contributed by atoms with E-state index in [0.29, 0.717) is 24.3 Å². The zero-order valence-electron chi connectivity index (χ0n) is 15.6. The van der Waals surface area contributed by atoms with Gasteiger partial charge in [-0.3, -0.25) is 14.9 Å². The summed E-state index contributed by atoms with van der Waals surface area (Å²) in [6.07, 6.45) is 3.22. The number of benzene rings is 1. The maximum atomic E-state index is 12.9. The van der Waals surface area contributed by atoms with Crippen molar-refractivity contribution < 1.29 is 18.1 Å². The number of nitro groups is 1. The molecule has 3 rings (SSSR count). The summed E-state index contributed by atoms with van der Waals surface area (Å²) in [5.74, 6) is 0.382. The van der Waals surface area contributed by atoms with Gasteiger partial charge in [0.15, 0.2) is 0 Å². The van der Waals surface area contributed by atoms with Gasteiger partial charge in [-0.25, -0.2) is 8.42 Å². The van der Waals surface area contributed by atoms with Crippen molar-refractivity contribution in [2.45, 2.75) is 50.5 Å². The molecular weight excluding hydrogens is 370 g/mol. The molecule has 148 valence electrons. The molecular formula is C18H25N3O5S. The average Bonchev–Trinajstić information content (AvgIpc) is 3.47. The van der Waals surface area contributed by atoms with Gasteiger partial charge in [0, 0.05) is 37.2 Å². The van der Waals surface area contributed by atoms with E-state index < -0.39 is 14.9 Å². The smallest absolute Gasteiger partial charge is 0.270 e. The Hall–Kier alpha value is -2.00. The van der Waals surface area contributed by atoms with Gasteiger partial charge in [0.05, 0.1) is 9.82 Å². The van der Waals surface area contributed by atoms with Gasteiger partial charge in [-0.1, -0.05) is 6.07 Å². The minimum Gasteiger partial charge on any atom is -0.353 e. The van der Waals surface area contributed by atoms with Gasteiger partial charge in [-0.15, -0.1) is 0 Å². The number of amides is 1. The lowest BCUT2D eigenvalue weighted by Gasteiger charge is -2.31. The third kappa shape index (κ3) is 4.30. The van der Waals surface area contributed by atoms with Crippen LogP contribution in [0.4, 0.5) is 5.69 Å². The average molecular weight is 395 g/mol. The zero-order chi connectivity index (χ0) is 19.8. The molecule has 1 aromatic carbocycles. The Labute approximate surface area is 159 Å². The van der Waals surface area contributed by atoms with Gasteiger partial charge < -0.3 is 5.32 Å². The number of aryl methyl sites for hydroxylation is 1. The van der Waals surface area contributed by atoms with Gasteiger partial charge in [0.25, 0.3) is 5.69 Å². The standard InChI is InChI=1S/C18H25N3O5S/c1-12-3-6-16(21(23)24)11-17(12)27(25,26)20-9-7-15(8-10-20)18(22)19-13(2)14-4-5-14/h3,6,11,13-15H,4-5,7-10H2,1-2H3,(H,19,22)/t13-/m1/s1. The molecule has 0 aromatic heterocycles. The molecule has 0 spiro atoms. The fourth-order valence-corrected chi connectivity index (χ4v) is 5.25. The Bertz CT molecular complexity index is 843. The highest BCUT2D eigenvalue weighted by Crippen LogP contribution is 2.33. The van der Waals surface area contributed by atoms with E-state index in [-0.39, 0.29) is 41.5 Å². The van der Waals surface area contributed by atoms with E-state index in [0.717, 1.165) is 18.9 Å². The third-order valence-electron chi connectivity index (χ3n) is 5.52. The molecule has 1 saturated heterocycles. The quantitative estimate of drug-likeness (QED) is 0.587. The Kier molecular flexibility index (Phi) is 5.53. The number of hydrogen-bond acceptors (Lipinski definition) is 5. The number of piperidine rings is 1. The number of sulfonamides is 1. The Balaban J connectivity index is 1.67. The topological polar surface area (TPSA) is 110 Å². The van der Waals surface area contributed by atoms with Crippen LogP contribution in [0.1, 0.15) is 38.2 Å². The first-order chi connectivity index (χ1) is 12.7. The van der Waals surface area contributed by atoms with E-state index in [1.165, 1.54) is 16.4 Å². The summed E-state index contributed by atoms with van der Waals surface area (Å²) in [5.41, 5.74) is 0.223. The van der Waals surface area contributed by atoms with Crippen LogP contribution in [0.5, 0.6) is 0 Å². The summed E-state index contributed by atoms with van der Waals surface area (Å²) >= 11 is 0. The van der Waals surface area contributed by atoms with E-state index >= 15 is 0 Å². The molecule has 1 atom stereocenters. The highest BCUT2D eigenvalue weighted by atomic mass is 32.2. The first kappa shape index (κ1) is 19.8. The van der Waals surface area contributed by atoms with E-state index in [1.54, 1.807) is 6.92 Å². The van der Waals surface area contributed by atoms with Crippen molar-refractivity contribution in [2.24, 2.45) is 11.8 Å². The third-order valence-corrected chi connectivity index (χ3v) is 7.56. The molecule has 0 radical (unpaired) electrons. The van der Waals surface area contributed by atoms with Crippen molar-refractivity contribution in [2.75, 3.05) is 13.1 Å². The molecule has 27 heavy (non-hydrogen) atoms. The highest BCUT2D eigenvalue weighted by molar-refractivity contribution is 7.89. The normalized spacial score (nSPS) is 20.2. The molecule has 8 nitrogen and oxygen atoms in total. The zero-order valence-corrected chi connectivity index (χ0v) is 16.4. The molecule has 1 amide bonds. The second-order valence-corrected chi connectivity index (χ2v) is 9.43. The van der Waals surface area contributed by atoms with Crippen LogP contribution in [-0.4, -0.2) is 42.7 Å². The maximum Gasteiger partial charge on any atom is 0.270 e. The minimum absolute atomic E-state index is 0.00187. The molecule has 9 heteroatoms. The van der Waals surface area contributed by atoms with Crippen LogP contribution >= 0.6 is 0 Å². The molecule has 1 aliphatic carbocycles. The Morgan fingerprint density at radius 3 is 2.44 bits per heavy atom. The molecule has 2 fully saturated rings. The summed E-state index contributed by atoms with van der Waals surface area (Å²) in [7, 11) is -3.83. The number of nitrogens with one attached hydrogen (secondary N) is 1. The Morgan fingerprint density at radius 1 is 1.26 bits per heavy atom. The summed E-state index contributed by atoms with van der Waals surface area (Å²) < 4.78 is 27.2. The number of nitrogens with zero attached hydrogens (tertiary/aromatic N) is 2. The van der Waals surface area contributed by atoms with Gasteiger partial charge in [0.2, 0.25) is 15.9 Å². The number of nitro benzene ring substituents is 1. The van der Waals surface area contributed by atoms with Gasteiger partial charge in [-0.2, -0.15) is 4.31 Å². The lowest BCUT2D eigenvalue weighted by Crippen LogP contribution is -2.45. The van der Waals surface area contributed by atoms with Crippen molar-refractivity contribution in [3.8, 4) is 0 Å². The summed E-state index contributed by atoms with van der Waals surface area (Å²) in [6, 6.07) is 4.03. The molecule has 2 aliphatic rings. The van der Waals surface area contributed by atoms with Gasteiger partial charge in [0.1, 0.15) is 0 Å². The first-order valence-corrected chi connectivity index (χ1v) is 10.7. The van der Waals surface area contributed by atoms with Crippen molar-refractivity contribution in [1.82, 2.24) is 9.62 Å². The number of carbonyl (C=O) groups excluding carboxylic acids is 1. The van der Waals surface area contributed by atoms with E-state index in [1.807, 2.05) is 6.92 Å². The predicted molar refractivity (Wildman–Crippen MR) is 99.6 cm³/mol. The maximum absolute atomic E-state index is 12.9. The van der Waals surface area contributed by atoms with Gasteiger partial charge in [-0.05, 0) is 51.0 Å². The molecule has 1 N–H and O–H groups in total. The lowest BCUT2D eigenvalue weighted by atomic mass is 9.96. The molecule has 1 aliphatic heterocycles. The lowest BCUT2D eigenvalue weighted by molar-refractivity contribution is -0.385. The fourth-order valence-electron chi connectivity index (χ4n) is 3.53. The van der Waals surface area contributed by atoms with Crippen molar-refractivity contribution >= 4 is 21.6 Å².